The molecule has 1 aliphatic rings. The van der Waals surface area contributed by atoms with Gasteiger partial charge >= 0.3 is 0 Å². The molecule has 0 atom stereocenters. The highest BCUT2D eigenvalue weighted by Gasteiger charge is 2.29. The van der Waals surface area contributed by atoms with Crippen LogP contribution >= 0.6 is 11.3 Å². The van der Waals surface area contributed by atoms with Crippen molar-refractivity contribution in [1.29, 1.82) is 0 Å². The Balaban J connectivity index is 1.64. The second-order valence-corrected chi connectivity index (χ2v) is 8.31. The number of aryl methyl sites for hydroxylation is 1. The van der Waals surface area contributed by atoms with Crippen LogP contribution in [0.15, 0.2) is 40.7 Å². The minimum absolute atomic E-state index is 0.288. The first-order valence-corrected chi connectivity index (χ1v) is 9.60. The van der Waals surface area contributed by atoms with Crippen molar-refractivity contribution in [2.75, 3.05) is 18.4 Å². The van der Waals surface area contributed by atoms with Gasteiger partial charge in [0.25, 0.3) is 0 Å². The third kappa shape index (κ3) is 3.31. The maximum absolute atomic E-state index is 12.6. The van der Waals surface area contributed by atoms with E-state index in [1.54, 1.807) is 34.0 Å². The number of aromatic nitrogens is 1. The van der Waals surface area contributed by atoms with E-state index in [4.69, 9.17) is 0 Å². The third-order valence-corrected chi connectivity index (χ3v) is 6.49. The summed E-state index contributed by atoms with van der Waals surface area (Å²) in [5.74, 6) is 0. The Kier molecular flexibility index (Phi) is 4.46. The highest BCUT2D eigenvalue weighted by molar-refractivity contribution is 7.89. The predicted octanol–water partition coefficient (Wildman–Crippen LogP) is 2.72. The van der Waals surface area contributed by atoms with Gasteiger partial charge in [-0.25, -0.2) is 13.4 Å². The first-order chi connectivity index (χ1) is 10.6. The molecule has 5 nitrogen and oxygen atoms in total. The van der Waals surface area contributed by atoms with Gasteiger partial charge in [0, 0.05) is 30.7 Å². The quantitative estimate of drug-likeness (QED) is 0.932. The van der Waals surface area contributed by atoms with Gasteiger partial charge in [0.05, 0.1) is 4.90 Å². The van der Waals surface area contributed by atoms with Gasteiger partial charge in [-0.15, -0.1) is 11.3 Å². The Labute approximate surface area is 135 Å². The van der Waals surface area contributed by atoms with Crippen molar-refractivity contribution in [3.05, 3.63) is 41.4 Å². The SMILES string of the molecule is Cc1ccc(S(=O)(=O)N2CCC(Nc3nccs3)CC2)cc1. The molecule has 118 valence electrons. The molecule has 0 amide bonds. The van der Waals surface area contributed by atoms with Crippen molar-refractivity contribution in [1.82, 2.24) is 9.29 Å². The van der Waals surface area contributed by atoms with Crippen LogP contribution in [0.1, 0.15) is 18.4 Å². The standard InChI is InChI=1S/C15H19N3O2S2/c1-12-2-4-14(5-3-12)22(19,20)18-9-6-13(7-10-18)17-15-16-8-11-21-15/h2-5,8,11,13H,6-7,9-10H2,1H3,(H,16,17). The van der Waals surface area contributed by atoms with Gasteiger partial charge in [0.2, 0.25) is 10.0 Å². The van der Waals surface area contributed by atoms with Gasteiger partial charge in [0.15, 0.2) is 5.13 Å². The molecule has 1 saturated heterocycles. The molecule has 1 N–H and O–H groups in total. The molecule has 1 fully saturated rings. The summed E-state index contributed by atoms with van der Waals surface area (Å²) < 4.78 is 26.8. The highest BCUT2D eigenvalue weighted by Crippen LogP contribution is 2.23. The van der Waals surface area contributed by atoms with E-state index in [2.05, 4.69) is 10.3 Å². The number of nitrogens with one attached hydrogen (secondary N) is 1. The number of benzene rings is 1. The molecular formula is C15H19N3O2S2. The number of anilines is 1. The molecule has 0 saturated carbocycles. The maximum Gasteiger partial charge on any atom is 0.243 e. The molecule has 2 heterocycles. The molecule has 0 spiro atoms. The monoisotopic (exact) mass is 337 g/mol. The van der Waals surface area contributed by atoms with Crippen molar-refractivity contribution in [2.45, 2.75) is 30.7 Å². The van der Waals surface area contributed by atoms with Crippen molar-refractivity contribution in [2.24, 2.45) is 0 Å². The van der Waals surface area contributed by atoms with Gasteiger partial charge in [-0.1, -0.05) is 17.7 Å². The minimum Gasteiger partial charge on any atom is -0.359 e. The van der Waals surface area contributed by atoms with E-state index in [0.29, 0.717) is 18.0 Å². The average Bonchev–Trinajstić information content (AvgIpc) is 3.01. The van der Waals surface area contributed by atoms with Crippen molar-refractivity contribution in [3.63, 3.8) is 0 Å². The van der Waals surface area contributed by atoms with E-state index < -0.39 is 10.0 Å². The molecular weight excluding hydrogens is 318 g/mol. The molecule has 2 aromatic rings. The Morgan fingerprint density at radius 1 is 1.23 bits per heavy atom. The van der Waals surface area contributed by atoms with E-state index in [9.17, 15) is 8.42 Å². The lowest BCUT2D eigenvalue weighted by Crippen LogP contribution is -2.42. The Morgan fingerprint density at radius 3 is 2.50 bits per heavy atom. The second-order valence-electron chi connectivity index (χ2n) is 5.47. The van der Waals surface area contributed by atoms with E-state index >= 15 is 0 Å². The van der Waals surface area contributed by atoms with Crippen LogP contribution in [0.25, 0.3) is 0 Å². The molecule has 22 heavy (non-hydrogen) atoms. The lowest BCUT2D eigenvalue weighted by Gasteiger charge is -2.31. The lowest BCUT2D eigenvalue weighted by molar-refractivity contribution is 0.329. The normalized spacial score (nSPS) is 17.5. The van der Waals surface area contributed by atoms with Crippen molar-refractivity contribution in [3.8, 4) is 0 Å². The summed E-state index contributed by atoms with van der Waals surface area (Å²) >= 11 is 1.57. The summed E-state index contributed by atoms with van der Waals surface area (Å²) in [5, 5.41) is 6.20. The summed E-state index contributed by atoms with van der Waals surface area (Å²) in [6.45, 7) is 3.03. The molecule has 0 bridgehead atoms. The fourth-order valence-corrected chi connectivity index (χ4v) is 4.65. The topological polar surface area (TPSA) is 62.3 Å². The largest absolute Gasteiger partial charge is 0.359 e. The smallest absolute Gasteiger partial charge is 0.243 e. The minimum atomic E-state index is -3.37. The number of piperidine rings is 1. The molecule has 7 heteroatoms. The number of rotatable bonds is 4. The lowest BCUT2D eigenvalue weighted by atomic mass is 10.1. The number of hydrogen-bond donors (Lipinski definition) is 1. The fourth-order valence-electron chi connectivity index (χ4n) is 2.57. The van der Waals surface area contributed by atoms with Crippen LogP contribution in [-0.2, 0) is 10.0 Å². The summed E-state index contributed by atoms with van der Waals surface area (Å²) in [6.07, 6.45) is 3.36. The zero-order chi connectivity index (χ0) is 15.6. The van der Waals surface area contributed by atoms with Gasteiger partial charge in [-0.2, -0.15) is 4.31 Å². The summed E-state index contributed by atoms with van der Waals surface area (Å²) in [5.41, 5.74) is 1.06. The van der Waals surface area contributed by atoms with E-state index in [-0.39, 0.29) is 6.04 Å². The maximum atomic E-state index is 12.6. The molecule has 3 rings (SSSR count). The summed E-state index contributed by atoms with van der Waals surface area (Å²) in [4.78, 5) is 4.59. The second kappa shape index (κ2) is 6.36. The molecule has 1 aromatic heterocycles. The van der Waals surface area contributed by atoms with Crippen molar-refractivity contribution < 1.29 is 8.42 Å². The number of sulfonamides is 1. The third-order valence-electron chi connectivity index (χ3n) is 3.87. The number of hydrogen-bond acceptors (Lipinski definition) is 5. The zero-order valence-corrected chi connectivity index (χ0v) is 14.0. The molecule has 0 aliphatic carbocycles. The molecule has 0 unspecified atom stereocenters. The molecule has 1 aliphatic heterocycles. The summed E-state index contributed by atoms with van der Waals surface area (Å²) in [7, 11) is -3.37. The van der Waals surface area contributed by atoms with Crippen LogP contribution in [0, 0.1) is 6.92 Å². The fraction of sp³-hybridized carbons (Fsp3) is 0.400. The van der Waals surface area contributed by atoms with Gasteiger partial charge < -0.3 is 5.32 Å². The Morgan fingerprint density at radius 2 is 1.91 bits per heavy atom. The van der Waals surface area contributed by atoms with Gasteiger partial charge in [-0.3, -0.25) is 0 Å². The zero-order valence-electron chi connectivity index (χ0n) is 12.4. The van der Waals surface area contributed by atoms with Crippen LogP contribution in [0.3, 0.4) is 0 Å². The first-order valence-electron chi connectivity index (χ1n) is 7.28. The van der Waals surface area contributed by atoms with Crippen LogP contribution in [0.5, 0.6) is 0 Å². The van der Waals surface area contributed by atoms with E-state index in [1.165, 1.54) is 0 Å². The average molecular weight is 337 g/mol. The first kappa shape index (κ1) is 15.5. The van der Waals surface area contributed by atoms with Gasteiger partial charge in [-0.05, 0) is 31.9 Å². The molecule has 1 aromatic carbocycles. The number of thiazole rings is 1. The Bertz CT molecular complexity index is 704. The van der Waals surface area contributed by atoms with Crippen molar-refractivity contribution >= 4 is 26.5 Å². The van der Waals surface area contributed by atoms with E-state index in [0.717, 1.165) is 23.5 Å². The Hall–Kier alpha value is -1.44. The van der Waals surface area contributed by atoms with Crippen LogP contribution < -0.4 is 5.32 Å². The van der Waals surface area contributed by atoms with Crippen LogP contribution in [0.4, 0.5) is 5.13 Å². The van der Waals surface area contributed by atoms with E-state index in [1.807, 2.05) is 24.4 Å². The highest BCUT2D eigenvalue weighted by atomic mass is 32.2. The van der Waals surface area contributed by atoms with Gasteiger partial charge in [0.1, 0.15) is 0 Å². The van der Waals surface area contributed by atoms with Crippen LogP contribution in [-0.4, -0.2) is 36.8 Å². The van der Waals surface area contributed by atoms with Crippen LogP contribution in [0.2, 0.25) is 0 Å². The number of nitrogens with zero attached hydrogens (tertiary/aromatic N) is 2. The summed E-state index contributed by atoms with van der Waals surface area (Å²) in [6, 6.07) is 7.33. The predicted molar refractivity (Wildman–Crippen MR) is 88.7 cm³/mol. The molecule has 0 radical (unpaired) electrons.